The largest absolute Gasteiger partial charge is 0.416 e. The van der Waals surface area contributed by atoms with Gasteiger partial charge in [-0.05, 0) is 38.0 Å². The molecule has 0 aliphatic heterocycles. The lowest BCUT2D eigenvalue weighted by Crippen LogP contribution is -2.16. The molecule has 0 unspecified atom stereocenters. The molecule has 0 aromatic heterocycles. The average molecular weight is 226 g/mol. The van der Waals surface area contributed by atoms with Crippen LogP contribution < -0.4 is 0 Å². The Morgan fingerprint density at radius 3 is 2.19 bits per heavy atom. The summed E-state index contributed by atoms with van der Waals surface area (Å²) in [5.74, 6) is 2.49. The first-order valence-electron chi connectivity index (χ1n) is 4.84. The summed E-state index contributed by atoms with van der Waals surface area (Å²) in [5.41, 5.74) is -0.585. The fourth-order valence-electron chi connectivity index (χ4n) is 1.40. The third kappa shape index (κ3) is 2.38. The highest BCUT2D eigenvalue weighted by Crippen LogP contribution is 2.34. The maximum absolute atomic E-state index is 12.7. The van der Waals surface area contributed by atoms with Crippen LogP contribution in [0.25, 0.3) is 0 Å². The predicted octanol–water partition coefficient (Wildman–Crippen LogP) is 3.92. The van der Waals surface area contributed by atoms with Gasteiger partial charge in [0.15, 0.2) is 0 Å². The molecule has 1 aromatic carbocycles. The highest BCUT2D eigenvalue weighted by Gasteiger charge is 2.33. The Balaban J connectivity index is 3.36. The van der Waals surface area contributed by atoms with Crippen LogP contribution in [-0.2, 0) is 11.6 Å². The van der Waals surface area contributed by atoms with Crippen molar-refractivity contribution in [3.8, 4) is 12.3 Å². The van der Waals surface area contributed by atoms with E-state index in [-0.39, 0.29) is 5.56 Å². The summed E-state index contributed by atoms with van der Waals surface area (Å²) in [4.78, 5) is 0. The van der Waals surface area contributed by atoms with E-state index >= 15 is 0 Å². The highest BCUT2D eigenvalue weighted by molar-refractivity contribution is 5.40. The van der Waals surface area contributed by atoms with Gasteiger partial charge in [0.05, 0.1) is 11.0 Å². The molecule has 86 valence electrons. The summed E-state index contributed by atoms with van der Waals surface area (Å²) in [6.45, 7) is 4.88. The fourth-order valence-corrected chi connectivity index (χ4v) is 1.40. The number of hydrogen-bond acceptors (Lipinski definition) is 0. The monoisotopic (exact) mass is 226 g/mol. The van der Waals surface area contributed by atoms with Gasteiger partial charge in [0.25, 0.3) is 0 Å². The van der Waals surface area contributed by atoms with Crippen molar-refractivity contribution in [2.24, 2.45) is 0 Å². The van der Waals surface area contributed by atoms with Gasteiger partial charge in [0, 0.05) is 0 Å². The summed E-state index contributed by atoms with van der Waals surface area (Å²) in [6, 6.07) is 4.23. The van der Waals surface area contributed by atoms with Crippen molar-refractivity contribution in [1.29, 1.82) is 0 Å². The number of terminal acetylenes is 1. The second-order valence-electron chi connectivity index (χ2n) is 4.30. The van der Waals surface area contributed by atoms with Crippen LogP contribution in [0.1, 0.15) is 30.5 Å². The Kier molecular flexibility index (Phi) is 3.05. The molecule has 0 saturated carbocycles. The number of hydrogen-bond donors (Lipinski definition) is 0. The van der Waals surface area contributed by atoms with Gasteiger partial charge in [-0.2, -0.15) is 13.2 Å². The summed E-state index contributed by atoms with van der Waals surface area (Å²) in [5, 5.41) is 0. The van der Waals surface area contributed by atoms with E-state index in [4.69, 9.17) is 6.42 Å². The molecule has 0 amide bonds. The van der Waals surface area contributed by atoms with Gasteiger partial charge in [0.2, 0.25) is 0 Å². The molecule has 0 saturated heterocycles. The molecule has 0 spiro atoms. The SMILES string of the molecule is C#CC(C)(C)c1ccc(C)c(C(F)(F)F)c1. The van der Waals surface area contributed by atoms with Crippen LogP contribution in [0.15, 0.2) is 18.2 Å². The highest BCUT2D eigenvalue weighted by atomic mass is 19.4. The Hall–Kier alpha value is -1.43. The number of aryl methyl sites for hydroxylation is 1. The lowest BCUT2D eigenvalue weighted by Gasteiger charge is -2.20. The van der Waals surface area contributed by atoms with Gasteiger partial charge < -0.3 is 0 Å². The van der Waals surface area contributed by atoms with Gasteiger partial charge in [-0.3, -0.25) is 0 Å². The topological polar surface area (TPSA) is 0 Å². The zero-order valence-corrected chi connectivity index (χ0v) is 9.44. The maximum atomic E-state index is 12.7. The van der Waals surface area contributed by atoms with Crippen molar-refractivity contribution in [2.45, 2.75) is 32.4 Å². The van der Waals surface area contributed by atoms with E-state index in [9.17, 15) is 13.2 Å². The molecule has 0 aliphatic rings. The van der Waals surface area contributed by atoms with E-state index in [0.29, 0.717) is 5.56 Å². The Morgan fingerprint density at radius 2 is 1.75 bits per heavy atom. The van der Waals surface area contributed by atoms with E-state index in [2.05, 4.69) is 5.92 Å². The second-order valence-corrected chi connectivity index (χ2v) is 4.30. The molecule has 0 heterocycles. The summed E-state index contributed by atoms with van der Waals surface area (Å²) in [7, 11) is 0. The third-order valence-electron chi connectivity index (χ3n) is 2.63. The van der Waals surface area contributed by atoms with Crippen molar-refractivity contribution in [3.05, 3.63) is 34.9 Å². The standard InChI is InChI=1S/C13H13F3/c1-5-12(3,4)10-7-6-9(2)11(8-10)13(14,15)16/h1,6-8H,2-4H3. The van der Waals surface area contributed by atoms with Crippen LogP contribution in [0.3, 0.4) is 0 Å². The minimum absolute atomic E-state index is 0.212. The predicted molar refractivity (Wildman–Crippen MR) is 58.0 cm³/mol. The smallest absolute Gasteiger partial charge is 0.166 e. The number of rotatable bonds is 1. The maximum Gasteiger partial charge on any atom is 0.416 e. The molecular weight excluding hydrogens is 213 g/mol. The minimum atomic E-state index is -4.33. The fraction of sp³-hybridized carbons (Fsp3) is 0.385. The normalized spacial score (nSPS) is 12.3. The Labute approximate surface area is 93.5 Å². The van der Waals surface area contributed by atoms with Gasteiger partial charge in [-0.25, -0.2) is 0 Å². The van der Waals surface area contributed by atoms with Crippen molar-refractivity contribution < 1.29 is 13.2 Å². The Bertz CT molecular complexity index is 433. The zero-order chi connectivity index (χ0) is 12.6. The molecule has 16 heavy (non-hydrogen) atoms. The molecular formula is C13H13F3. The molecule has 0 atom stereocenters. The lowest BCUT2D eigenvalue weighted by atomic mass is 9.84. The molecule has 0 aliphatic carbocycles. The molecule has 0 nitrogen and oxygen atoms in total. The van der Waals surface area contributed by atoms with E-state index < -0.39 is 17.2 Å². The molecule has 0 radical (unpaired) electrons. The van der Waals surface area contributed by atoms with Gasteiger partial charge in [0.1, 0.15) is 0 Å². The average Bonchev–Trinajstić information content (AvgIpc) is 2.16. The van der Waals surface area contributed by atoms with Gasteiger partial charge in [-0.15, -0.1) is 6.42 Å². The molecule has 0 N–H and O–H groups in total. The van der Waals surface area contributed by atoms with Crippen molar-refractivity contribution in [1.82, 2.24) is 0 Å². The zero-order valence-electron chi connectivity index (χ0n) is 9.44. The van der Waals surface area contributed by atoms with Crippen LogP contribution in [0.4, 0.5) is 13.2 Å². The van der Waals surface area contributed by atoms with E-state index in [1.54, 1.807) is 19.9 Å². The summed E-state index contributed by atoms with van der Waals surface area (Å²) < 4.78 is 38.0. The van der Waals surface area contributed by atoms with Gasteiger partial charge >= 0.3 is 6.18 Å². The number of halogens is 3. The third-order valence-corrected chi connectivity index (χ3v) is 2.63. The number of benzene rings is 1. The second kappa shape index (κ2) is 3.86. The van der Waals surface area contributed by atoms with E-state index in [0.717, 1.165) is 6.07 Å². The summed E-state index contributed by atoms with van der Waals surface area (Å²) in [6.07, 6.45) is 0.976. The molecule has 0 fully saturated rings. The molecule has 0 bridgehead atoms. The van der Waals surface area contributed by atoms with E-state index in [1.807, 2.05) is 0 Å². The van der Waals surface area contributed by atoms with E-state index in [1.165, 1.54) is 13.0 Å². The van der Waals surface area contributed by atoms with Crippen molar-refractivity contribution in [3.63, 3.8) is 0 Å². The quantitative estimate of drug-likeness (QED) is 0.636. The Morgan fingerprint density at radius 1 is 1.19 bits per heavy atom. The molecule has 3 heteroatoms. The first-order chi connectivity index (χ1) is 7.18. The van der Waals surface area contributed by atoms with Crippen LogP contribution in [0.5, 0.6) is 0 Å². The first kappa shape index (κ1) is 12.6. The van der Waals surface area contributed by atoms with Crippen LogP contribution in [0.2, 0.25) is 0 Å². The number of alkyl halides is 3. The van der Waals surface area contributed by atoms with Crippen LogP contribution in [-0.4, -0.2) is 0 Å². The van der Waals surface area contributed by atoms with Crippen molar-refractivity contribution >= 4 is 0 Å². The van der Waals surface area contributed by atoms with Crippen molar-refractivity contribution in [2.75, 3.05) is 0 Å². The minimum Gasteiger partial charge on any atom is -0.166 e. The van der Waals surface area contributed by atoms with Gasteiger partial charge in [-0.1, -0.05) is 18.1 Å². The lowest BCUT2D eigenvalue weighted by molar-refractivity contribution is -0.138. The first-order valence-corrected chi connectivity index (χ1v) is 4.84. The summed E-state index contributed by atoms with van der Waals surface area (Å²) >= 11 is 0. The van der Waals surface area contributed by atoms with Crippen LogP contribution in [0, 0.1) is 19.3 Å². The molecule has 1 rings (SSSR count). The molecule has 1 aromatic rings. The van der Waals surface area contributed by atoms with Crippen LogP contribution >= 0.6 is 0 Å².